The molecule has 1 saturated carbocycles. The molecule has 2 amide bonds. The van der Waals surface area contributed by atoms with Gasteiger partial charge in [-0.1, -0.05) is 12.1 Å². The number of carbonyl (C=O) groups is 2. The minimum atomic E-state index is -3.43. The van der Waals surface area contributed by atoms with Crippen molar-refractivity contribution in [2.45, 2.75) is 49.5 Å². The van der Waals surface area contributed by atoms with Crippen molar-refractivity contribution in [2.24, 2.45) is 5.92 Å². The standard InChI is InChI=1S/C19H27N3O4S/c1-20-19(24)15-10-12-22(13-11-15)18(23)9-4-14-2-7-17(8-3-14)27(25,26)21-16-5-6-16/h2-3,7-8,15-16,21H,4-6,9-13H2,1H3,(H,20,24). The van der Waals surface area contributed by atoms with Gasteiger partial charge < -0.3 is 10.2 Å². The largest absolute Gasteiger partial charge is 0.359 e. The zero-order chi connectivity index (χ0) is 19.4. The summed E-state index contributed by atoms with van der Waals surface area (Å²) in [6.45, 7) is 1.22. The van der Waals surface area contributed by atoms with E-state index in [1.165, 1.54) is 0 Å². The Labute approximate surface area is 160 Å². The van der Waals surface area contributed by atoms with Crippen molar-refractivity contribution in [3.05, 3.63) is 29.8 Å². The van der Waals surface area contributed by atoms with E-state index < -0.39 is 10.0 Å². The van der Waals surface area contributed by atoms with Crippen LogP contribution in [-0.2, 0) is 26.0 Å². The number of hydrogen-bond donors (Lipinski definition) is 2. The first-order valence-electron chi connectivity index (χ1n) is 9.49. The normalized spacial score (nSPS) is 18.3. The van der Waals surface area contributed by atoms with Crippen LogP contribution in [0.3, 0.4) is 0 Å². The van der Waals surface area contributed by atoms with Crippen molar-refractivity contribution in [1.29, 1.82) is 0 Å². The predicted octanol–water partition coefficient (Wildman–Crippen LogP) is 1.04. The molecule has 0 spiro atoms. The van der Waals surface area contributed by atoms with Gasteiger partial charge in [-0.3, -0.25) is 9.59 Å². The highest BCUT2D eigenvalue weighted by atomic mass is 32.2. The second-order valence-electron chi connectivity index (χ2n) is 7.31. The molecule has 2 N–H and O–H groups in total. The third-order valence-electron chi connectivity index (χ3n) is 5.23. The summed E-state index contributed by atoms with van der Waals surface area (Å²) in [5.74, 6) is 0.128. The molecule has 1 aliphatic heterocycles. The number of rotatable bonds is 7. The summed E-state index contributed by atoms with van der Waals surface area (Å²) < 4.78 is 27.0. The molecule has 3 rings (SSSR count). The lowest BCUT2D eigenvalue weighted by atomic mass is 9.95. The first-order chi connectivity index (χ1) is 12.9. The summed E-state index contributed by atoms with van der Waals surface area (Å²) in [7, 11) is -1.80. The van der Waals surface area contributed by atoms with Gasteiger partial charge >= 0.3 is 0 Å². The van der Waals surface area contributed by atoms with Crippen molar-refractivity contribution in [3.8, 4) is 0 Å². The van der Waals surface area contributed by atoms with Gasteiger partial charge in [0.1, 0.15) is 0 Å². The lowest BCUT2D eigenvalue weighted by Crippen LogP contribution is -2.42. The summed E-state index contributed by atoms with van der Waals surface area (Å²) in [6, 6.07) is 6.82. The Morgan fingerprint density at radius 1 is 1.07 bits per heavy atom. The van der Waals surface area contributed by atoms with Gasteiger partial charge in [-0.25, -0.2) is 13.1 Å². The maximum atomic E-state index is 12.4. The Kier molecular flexibility index (Phi) is 6.16. The number of sulfonamides is 1. The third-order valence-corrected chi connectivity index (χ3v) is 6.76. The van der Waals surface area contributed by atoms with E-state index in [1.807, 2.05) is 4.90 Å². The Hall–Kier alpha value is -1.93. The molecule has 1 aliphatic carbocycles. The number of piperidine rings is 1. The monoisotopic (exact) mass is 393 g/mol. The van der Waals surface area contributed by atoms with Gasteiger partial charge in [0.15, 0.2) is 0 Å². The van der Waals surface area contributed by atoms with Gasteiger partial charge in [0.05, 0.1) is 4.90 Å². The molecular formula is C19H27N3O4S. The molecule has 0 unspecified atom stereocenters. The summed E-state index contributed by atoms with van der Waals surface area (Å²) in [5.41, 5.74) is 0.939. The van der Waals surface area contributed by atoms with Gasteiger partial charge in [0.25, 0.3) is 0 Å². The third kappa shape index (κ3) is 5.29. The van der Waals surface area contributed by atoms with E-state index in [-0.39, 0.29) is 28.7 Å². The molecule has 0 atom stereocenters. The average molecular weight is 394 g/mol. The minimum Gasteiger partial charge on any atom is -0.359 e. The van der Waals surface area contributed by atoms with E-state index in [2.05, 4.69) is 10.0 Å². The predicted molar refractivity (Wildman–Crippen MR) is 101 cm³/mol. The molecule has 1 aromatic carbocycles. The Morgan fingerprint density at radius 2 is 1.70 bits per heavy atom. The van der Waals surface area contributed by atoms with Crippen molar-refractivity contribution in [2.75, 3.05) is 20.1 Å². The van der Waals surface area contributed by atoms with Crippen molar-refractivity contribution in [1.82, 2.24) is 14.9 Å². The first kappa shape index (κ1) is 19.8. The molecule has 148 valence electrons. The van der Waals surface area contributed by atoms with Crippen LogP contribution in [0.2, 0.25) is 0 Å². The number of likely N-dealkylation sites (tertiary alicyclic amines) is 1. The smallest absolute Gasteiger partial charge is 0.240 e. The summed E-state index contributed by atoms with van der Waals surface area (Å²) in [4.78, 5) is 26.1. The fourth-order valence-electron chi connectivity index (χ4n) is 3.33. The molecule has 2 aliphatic rings. The summed E-state index contributed by atoms with van der Waals surface area (Å²) >= 11 is 0. The molecule has 2 fully saturated rings. The molecule has 1 saturated heterocycles. The quantitative estimate of drug-likeness (QED) is 0.724. The van der Waals surface area contributed by atoms with Crippen molar-refractivity contribution >= 4 is 21.8 Å². The van der Waals surface area contributed by atoms with Crippen molar-refractivity contribution < 1.29 is 18.0 Å². The highest BCUT2D eigenvalue weighted by molar-refractivity contribution is 7.89. The first-order valence-corrected chi connectivity index (χ1v) is 11.0. The summed E-state index contributed by atoms with van der Waals surface area (Å²) in [5, 5.41) is 2.66. The molecule has 1 heterocycles. The number of nitrogens with zero attached hydrogens (tertiary/aromatic N) is 1. The Balaban J connectivity index is 1.47. The number of hydrogen-bond acceptors (Lipinski definition) is 4. The van der Waals surface area contributed by atoms with Gasteiger partial charge in [-0.15, -0.1) is 0 Å². The van der Waals surface area contributed by atoms with Gasteiger partial charge in [0, 0.05) is 38.5 Å². The van der Waals surface area contributed by atoms with Crippen LogP contribution in [-0.4, -0.2) is 51.3 Å². The van der Waals surface area contributed by atoms with Gasteiger partial charge in [0.2, 0.25) is 21.8 Å². The highest BCUT2D eigenvalue weighted by Crippen LogP contribution is 2.22. The van der Waals surface area contributed by atoms with E-state index in [9.17, 15) is 18.0 Å². The number of nitrogens with one attached hydrogen (secondary N) is 2. The molecule has 1 aromatic rings. The van der Waals surface area contributed by atoms with Crippen LogP contribution in [0.15, 0.2) is 29.2 Å². The van der Waals surface area contributed by atoms with Crippen LogP contribution in [0.4, 0.5) is 0 Å². The maximum absolute atomic E-state index is 12.4. The highest BCUT2D eigenvalue weighted by Gasteiger charge is 2.28. The van der Waals surface area contributed by atoms with Crippen LogP contribution in [0.1, 0.15) is 37.7 Å². The Morgan fingerprint density at radius 3 is 2.26 bits per heavy atom. The van der Waals surface area contributed by atoms with E-state index in [1.54, 1.807) is 31.3 Å². The van der Waals surface area contributed by atoms with E-state index in [0.717, 1.165) is 18.4 Å². The van der Waals surface area contributed by atoms with Crippen LogP contribution >= 0.6 is 0 Å². The number of aryl methyl sites for hydroxylation is 1. The van der Waals surface area contributed by atoms with Gasteiger partial charge in [-0.05, 0) is 49.8 Å². The lowest BCUT2D eigenvalue weighted by Gasteiger charge is -2.31. The molecular weight excluding hydrogens is 366 g/mol. The van der Waals surface area contributed by atoms with E-state index in [4.69, 9.17) is 0 Å². The number of carbonyl (C=O) groups excluding carboxylic acids is 2. The lowest BCUT2D eigenvalue weighted by molar-refractivity contribution is -0.135. The van der Waals surface area contributed by atoms with Crippen molar-refractivity contribution in [3.63, 3.8) is 0 Å². The number of amides is 2. The fraction of sp³-hybridized carbons (Fsp3) is 0.579. The second-order valence-corrected chi connectivity index (χ2v) is 9.02. The average Bonchev–Trinajstić information content (AvgIpc) is 3.49. The molecule has 0 radical (unpaired) electrons. The van der Waals surface area contributed by atoms with Crippen LogP contribution in [0.25, 0.3) is 0 Å². The van der Waals surface area contributed by atoms with Crippen LogP contribution < -0.4 is 10.0 Å². The molecule has 7 nitrogen and oxygen atoms in total. The molecule has 27 heavy (non-hydrogen) atoms. The van der Waals surface area contributed by atoms with Gasteiger partial charge in [-0.2, -0.15) is 0 Å². The Bertz CT molecular complexity index is 780. The fourth-order valence-corrected chi connectivity index (χ4v) is 4.63. The summed E-state index contributed by atoms with van der Waals surface area (Å²) in [6.07, 6.45) is 4.17. The molecule has 0 bridgehead atoms. The maximum Gasteiger partial charge on any atom is 0.240 e. The van der Waals surface area contributed by atoms with E-state index in [0.29, 0.717) is 38.8 Å². The van der Waals surface area contributed by atoms with Crippen LogP contribution in [0, 0.1) is 5.92 Å². The topological polar surface area (TPSA) is 95.6 Å². The minimum absolute atomic E-state index is 0.00204. The molecule has 0 aromatic heterocycles. The zero-order valence-corrected chi connectivity index (χ0v) is 16.4. The zero-order valence-electron chi connectivity index (χ0n) is 15.6. The van der Waals surface area contributed by atoms with Crippen LogP contribution in [0.5, 0.6) is 0 Å². The SMILES string of the molecule is CNC(=O)C1CCN(C(=O)CCc2ccc(S(=O)(=O)NC3CC3)cc2)CC1. The van der Waals surface area contributed by atoms with E-state index >= 15 is 0 Å². The number of benzene rings is 1. The second kappa shape index (κ2) is 8.39. The molecule has 8 heteroatoms.